The lowest BCUT2D eigenvalue weighted by Gasteiger charge is -2.26. The van der Waals surface area contributed by atoms with Gasteiger partial charge in [-0.3, -0.25) is 4.79 Å². The van der Waals surface area contributed by atoms with Crippen LogP contribution in [-0.2, 0) is 0 Å². The van der Waals surface area contributed by atoms with Crippen molar-refractivity contribution in [2.24, 2.45) is 5.41 Å². The van der Waals surface area contributed by atoms with Gasteiger partial charge in [-0.25, -0.2) is 0 Å². The summed E-state index contributed by atoms with van der Waals surface area (Å²) >= 11 is 11.8. The Kier molecular flexibility index (Phi) is 4.51. The summed E-state index contributed by atoms with van der Waals surface area (Å²) < 4.78 is 0. The minimum absolute atomic E-state index is 0.0335. The molecule has 0 saturated carbocycles. The Morgan fingerprint density at radius 3 is 2.11 bits per heavy atom. The summed E-state index contributed by atoms with van der Waals surface area (Å²) in [6.45, 7) is 6.85. The summed E-state index contributed by atoms with van der Waals surface area (Å²) in [5.41, 5.74) is 6.42. The van der Waals surface area contributed by atoms with Crippen molar-refractivity contribution >= 4 is 34.8 Å². The molecule has 0 heterocycles. The summed E-state index contributed by atoms with van der Waals surface area (Å²) in [6, 6.07) is 3.09. The minimum atomic E-state index is -0.117. The highest BCUT2D eigenvalue weighted by Gasteiger charge is 2.20. The van der Waals surface area contributed by atoms with Gasteiger partial charge in [0.1, 0.15) is 0 Å². The largest absolute Gasteiger partial charge is 0.396 e. The zero-order chi connectivity index (χ0) is 14.1. The summed E-state index contributed by atoms with van der Waals surface area (Å²) in [7, 11) is 1.76. The van der Waals surface area contributed by atoms with E-state index in [1.54, 1.807) is 24.1 Å². The van der Waals surface area contributed by atoms with Crippen LogP contribution < -0.4 is 5.73 Å². The van der Waals surface area contributed by atoms with E-state index < -0.39 is 0 Å². The van der Waals surface area contributed by atoms with E-state index in [-0.39, 0.29) is 11.3 Å². The molecule has 3 nitrogen and oxygen atoms in total. The van der Waals surface area contributed by atoms with Gasteiger partial charge in [-0.2, -0.15) is 0 Å². The van der Waals surface area contributed by atoms with Crippen molar-refractivity contribution in [2.45, 2.75) is 20.8 Å². The SMILES string of the molecule is CN(CC(C)(C)C)C(=O)c1cc(Cl)c(N)c(Cl)c1. The van der Waals surface area contributed by atoms with Gasteiger partial charge in [-0.05, 0) is 17.5 Å². The van der Waals surface area contributed by atoms with Crippen LogP contribution in [0.5, 0.6) is 0 Å². The summed E-state index contributed by atoms with van der Waals surface area (Å²) in [4.78, 5) is 13.9. The molecule has 1 aromatic carbocycles. The molecule has 0 radical (unpaired) electrons. The number of anilines is 1. The molecular formula is C13H18Cl2N2O. The maximum absolute atomic E-state index is 12.2. The molecule has 0 bridgehead atoms. The van der Waals surface area contributed by atoms with Gasteiger partial charge in [-0.1, -0.05) is 44.0 Å². The van der Waals surface area contributed by atoms with Crippen molar-refractivity contribution in [2.75, 3.05) is 19.3 Å². The Morgan fingerprint density at radius 2 is 1.72 bits per heavy atom. The maximum Gasteiger partial charge on any atom is 0.253 e. The smallest absolute Gasteiger partial charge is 0.253 e. The zero-order valence-corrected chi connectivity index (χ0v) is 12.6. The fourth-order valence-corrected chi connectivity index (χ4v) is 2.20. The second kappa shape index (κ2) is 5.37. The third-order valence-corrected chi connectivity index (χ3v) is 3.01. The molecule has 1 rings (SSSR count). The fourth-order valence-electron chi connectivity index (χ4n) is 1.71. The first-order valence-corrected chi connectivity index (χ1v) is 6.37. The van der Waals surface area contributed by atoms with Gasteiger partial charge in [0, 0.05) is 19.2 Å². The molecule has 0 aromatic heterocycles. The van der Waals surface area contributed by atoms with Gasteiger partial charge in [0.15, 0.2) is 0 Å². The maximum atomic E-state index is 12.2. The molecular weight excluding hydrogens is 271 g/mol. The van der Waals surface area contributed by atoms with Gasteiger partial charge in [-0.15, -0.1) is 0 Å². The Morgan fingerprint density at radius 1 is 1.28 bits per heavy atom. The van der Waals surface area contributed by atoms with Crippen molar-refractivity contribution in [1.82, 2.24) is 4.90 Å². The Labute approximate surface area is 118 Å². The number of amides is 1. The molecule has 0 aliphatic rings. The second-order valence-electron chi connectivity index (χ2n) is 5.58. The Balaban J connectivity index is 2.98. The van der Waals surface area contributed by atoms with Crippen LogP contribution in [0, 0.1) is 5.41 Å². The van der Waals surface area contributed by atoms with Gasteiger partial charge in [0.2, 0.25) is 0 Å². The lowest BCUT2D eigenvalue weighted by molar-refractivity contribution is 0.0745. The number of nitrogens with zero attached hydrogens (tertiary/aromatic N) is 1. The molecule has 2 N–H and O–H groups in total. The number of halogens is 2. The third kappa shape index (κ3) is 3.79. The lowest BCUT2D eigenvalue weighted by Crippen LogP contribution is -2.34. The summed E-state index contributed by atoms with van der Waals surface area (Å²) in [5.74, 6) is -0.117. The Bertz CT molecular complexity index is 444. The first-order valence-electron chi connectivity index (χ1n) is 5.62. The highest BCUT2D eigenvalue weighted by Crippen LogP contribution is 2.29. The number of benzene rings is 1. The minimum Gasteiger partial charge on any atom is -0.396 e. The summed E-state index contributed by atoms with van der Waals surface area (Å²) in [6.07, 6.45) is 0. The number of nitrogens with two attached hydrogens (primary N) is 1. The van der Waals surface area contributed by atoms with Crippen LogP contribution in [0.15, 0.2) is 12.1 Å². The number of carbonyl (C=O) groups excluding carboxylic acids is 1. The van der Waals surface area contributed by atoms with Crippen molar-refractivity contribution in [3.8, 4) is 0 Å². The van der Waals surface area contributed by atoms with E-state index >= 15 is 0 Å². The van der Waals surface area contributed by atoms with Crippen LogP contribution >= 0.6 is 23.2 Å². The quantitative estimate of drug-likeness (QED) is 0.844. The molecule has 100 valence electrons. The molecule has 0 spiro atoms. The molecule has 0 aliphatic carbocycles. The molecule has 1 amide bonds. The van der Waals surface area contributed by atoms with Crippen LogP contribution in [-0.4, -0.2) is 24.4 Å². The van der Waals surface area contributed by atoms with Crippen LogP contribution in [0.25, 0.3) is 0 Å². The van der Waals surface area contributed by atoms with E-state index in [2.05, 4.69) is 20.8 Å². The molecule has 1 aromatic rings. The van der Waals surface area contributed by atoms with E-state index in [4.69, 9.17) is 28.9 Å². The van der Waals surface area contributed by atoms with Crippen molar-refractivity contribution in [3.05, 3.63) is 27.7 Å². The third-order valence-electron chi connectivity index (χ3n) is 2.38. The monoisotopic (exact) mass is 288 g/mol. The topological polar surface area (TPSA) is 46.3 Å². The molecule has 5 heteroatoms. The van der Waals surface area contributed by atoms with Gasteiger partial charge < -0.3 is 10.6 Å². The lowest BCUT2D eigenvalue weighted by atomic mass is 9.96. The molecule has 18 heavy (non-hydrogen) atoms. The Hall–Kier alpha value is -0.930. The number of carbonyl (C=O) groups is 1. The van der Waals surface area contributed by atoms with Crippen LogP contribution in [0.4, 0.5) is 5.69 Å². The highest BCUT2D eigenvalue weighted by atomic mass is 35.5. The first-order chi connectivity index (χ1) is 8.11. The molecule has 0 unspecified atom stereocenters. The van der Waals surface area contributed by atoms with Gasteiger partial charge in [0.25, 0.3) is 5.91 Å². The van der Waals surface area contributed by atoms with Crippen LogP contribution in [0.1, 0.15) is 31.1 Å². The van der Waals surface area contributed by atoms with Crippen molar-refractivity contribution in [3.63, 3.8) is 0 Å². The predicted octanol–water partition coefficient (Wildman–Crippen LogP) is 3.69. The second-order valence-corrected chi connectivity index (χ2v) is 6.39. The number of hydrogen-bond donors (Lipinski definition) is 1. The van der Waals surface area contributed by atoms with Crippen LogP contribution in [0.3, 0.4) is 0 Å². The fraction of sp³-hybridized carbons (Fsp3) is 0.462. The van der Waals surface area contributed by atoms with E-state index in [0.717, 1.165) is 0 Å². The van der Waals surface area contributed by atoms with Gasteiger partial charge in [0.05, 0.1) is 15.7 Å². The average molecular weight is 289 g/mol. The normalized spacial score (nSPS) is 11.4. The standard InChI is InChI=1S/C13H18Cl2N2O/c1-13(2,3)7-17(4)12(18)8-5-9(14)11(16)10(15)6-8/h5-6H,7,16H2,1-4H3. The zero-order valence-electron chi connectivity index (χ0n) is 11.1. The van der Waals surface area contributed by atoms with E-state index in [1.165, 1.54) is 0 Å². The number of hydrogen-bond acceptors (Lipinski definition) is 2. The van der Waals surface area contributed by atoms with E-state index in [1.807, 2.05) is 0 Å². The first kappa shape index (κ1) is 15.1. The molecule has 0 saturated heterocycles. The van der Waals surface area contributed by atoms with Crippen LogP contribution in [0.2, 0.25) is 10.0 Å². The van der Waals surface area contributed by atoms with Crippen molar-refractivity contribution in [1.29, 1.82) is 0 Å². The predicted molar refractivity (Wildman–Crippen MR) is 77.3 cm³/mol. The molecule has 0 aliphatic heterocycles. The molecule has 0 atom stereocenters. The average Bonchev–Trinajstić information content (AvgIpc) is 2.21. The summed E-state index contributed by atoms with van der Waals surface area (Å²) in [5, 5.41) is 0.602. The van der Waals surface area contributed by atoms with E-state index in [0.29, 0.717) is 27.8 Å². The van der Waals surface area contributed by atoms with E-state index in [9.17, 15) is 4.79 Å². The molecule has 0 fully saturated rings. The van der Waals surface area contributed by atoms with Gasteiger partial charge >= 0.3 is 0 Å². The van der Waals surface area contributed by atoms with Crippen molar-refractivity contribution < 1.29 is 4.79 Å². The highest BCUT2D eigenvalue weighted by molar-refractivity contribution is 6.39. The number of rotatable bonds is 2. The number of nitrogen functional groups attached to an aromatic ring is 1.